The van der Waals surface area contributed by atoms with E-state index < -0.39 is 0 Å². The SMILES string of the molecule is CC(Cc1ccsc1)NC(C)c1nccn1C. The van der Waals surface area contributed by atoms with Crippen LogP contribution in [0.4, 0.5) is 0 Å². The van der Waals surface area contributed by atoms with Gasteiger partial charge in [-0.25, -0.2) is 4.98 Å². The predicted octanol–water partition coefficient (Wildman–Crippen LogP) is 2.76. The summed E-state index contributed by atoms with van der Waals surface area (Å²) in [6.45, 7) is 4.38. The topological polar surface area (TPSA) is 29.9 Å². The average Bonchev–Trinajstić information content (AvgIpc) is 2.88. The molecule has 2 unspecified atom stereocenters. The molecule has 2 atom stereocenters. The van der Waals surface area contributed by atoms with Crippen LogP contribution in [0.25, 0.3) is 0 Å². The van der Waals surface area contributed by atoms with Crippen LogP contribution in [0.1, 0.15) is 31.3 Å². The van der Waals surface area contributed by atoms with Gasteiger partial charge in [-0.1, -0.05) is 0 Å². The van der Waals surface area contributed by atoms with Gasteiger partial charge in [-0.3, -0.25) is 0 Å². The minimum Gasteiger partial charge on any atom is -0.337 e. The van der Waals surface area contributed by atoms with E-state index in [1.54, 1.807) is 11.3 Å². The van der Waals surface area contributed by atoms with Crippen LogP contribution in [0, 0.1) is 0 Å². The van der Waals surface area contributed by atoms with E-state index in [4.69, 9.17) is 0 Å². The fourth-order valence-electron chi connectivity index (χ4n) is 2.12. The van der Waals surface area contributed by atoms with E-state index in [9.17, 15) is 0 Å². The number of imidazole rings is 1. The summed E-state index contributed by atoms with van der Waals surface area (Å²) in [7, 11) is 2.03. The number of hydrogen-bond acceptors (Lipinski definition) is 3. The number of rotatable bonds is 5. The van der Waals surface area contributed by atoms with Gasteiger partial charge in [0.2, 0.25) is 0 Å². The maximum atomic E-state index is 4.37. The molecular weight excluding hydrogens is 230 g/mol. The third-order valence-corrected chi connectivity index (χ3v) is 3.63. The molecule has 2 aromatic heterocycles. The first-order valence-corrected chi connectivity index (χ1v) is 6.85. The van der Waals surface area contributed by atoms with Crippen molar-refractivity contribution in [2.45, 2.75) is 32.4 Å². The summed E-state index contributed by atoms with van der Waals surface area (Å²) < 4.78 is 2.06. The molecule has 2 rings (SSSR count). The summed E-state index contributed by atoms with van der Waals surface area (Å²) in [5.74, 6) is 1.09. The average molecular weight is 249 g/mol. The molecule has 1 N–H and O–H groups in total. The summed E-state index contributed by atoms with van der Waals surface area (Å²) in [6.07, 6.45) is 4.90. The molecule has 0 amide bonds. The van der Waals surface area contributed by atoms with Gasteiger partial charge in [0.05, 0.1) is 6.04 Å². The smallest absolute Gasteiger partial charge is 0.125 e. The Morgan fingerprint density at radius 3 is 2.88 bits per heavy atom. The summed E-state index contributed by atoms with van der Waals surface area (Å²) >= 11 is 1.76. The minimum absolute atomic E-state index is 0.281. The Balaban J connectivity index is 1.90. The second-order valence-electron chi connectivity index (χ2n) is 4.52. The number of aryl methyl sites for hydroxylation is 1. The van der Waals surface area contributed by atoms with Crippen molar-refractivity contribution in [3.8, 4) is 0 Å². The van der Waals surface area contributed by atoms with Gasteiger partial charge in [0.25, 0.3) is 0 Å². The molecule has 0 saturated carbocycles. The largest absolute Gasteiger partial charge is 0.337 e. The lowest BCUT2D eigenvalue weighted by molar-refractivity contribution is 0.454. The monoisotopic (exact) mass is 249 g/mol. The third kappa shape index (κ3) is 3.17. The second kappa shape index (κ2) is 5.47. The van der Waals surface area contributed by atoms with E-state index in [-0.39, 0.29) is 6.04 Å². The van der Waals surface area contributed by atoms with Gasteiger partial charge in [0.1, 0.15) is 5.82 Å². The van der Waals surface area contributed by atoms with Crippen LogP contribution < -0.4 is 5.32 Å². The third-order valence-electron chi connectivity index (χ3n) is 2.90. The molecule has 3 nitrogen and oxygen atoms in total. The van der Waals surface area contributed by atoms with Crippen LogP contribution in [-0.4, -0.2) is 15.6 Å². The number of hydrogen-bond donors (Lipinski definition) is 1. The highest BCUT2D eigenvalue weighted by Gasteiger charge is 2.13. The highest BCUT2D eigenvalue weighted by atomic mass is 32.1. The van der Waals surface area contributed by atoms with E-state index in [0.717, 1.165) is 12.2 Å². The van der Waals surface area contributed by atoms with Crippen molar-refractivity contribution in [3.05, 3.63) is 40.6 Å². The first kappa shape index (κ1) is 12.3. The number of nitrogens with one attached hydrogen (secondary N) is 1. The van der Waals surface area contributed by atoms with Crippen molar-refractivity contribution in [3.63, 3.8) is 0 Å². The Morgan fingerprint density at radius 2 is 2.29 bits per heavy atom. The maximum Gasteiger partial charge on any atom is 0.125 e. The van der Waals surface area contributed by atoms with Gasteiger partial charge < -0.3 is 9.88 Å². The zero-order valence-electron chi connectivity index (χ0n) is 10.6. The maximum absolute atomic E-state index is 4.37. The fourth-order valence-corrected chi connectivity index (χ4v) is 2.80. The normalized spacial score (nSPS) is 14.8. The molecule has 0 bridgehead atoms. The van der Waals surface area contributed by atoms with Crippen LogP contribution >= 0.6 is 11.3 Å². The predicted molar refractivity (Wildman–Crippen MR) is 72.2 cm³/mol. The van der Waals surface area contributed by atoms with Crippen LogP contribution in [0.2, 0.25) is 0 Å². The minimum atomic E-state index is 0.281. The molecule has 17 heavy (non-hydrogen) atoms. The molecule has 0 radical (unpaired) electrons. The van der Waals surface area contributed by atoms with Gasteiger partial charge in [0, 0.05) is 25.5 Å². The van der Waals surface area contributed by atoms with Crippen molar-refractivity contribution in [2.24, 2.45) is 7.05 Å². The van der Waals surface area contributed by atoms with Crippen LogP contribution in [0.3, 0.4) is 0 Å². The lowest BCUT2D eigenvalue weighted by Gasteiger charge is -2.19. The molecule has 0 aliphatic heterocycles. The second-order valence-corrected chi connectivity index (χ2v) is 5.30. The molecule has 2 heterocycles. The Bertz CT molecular complexity index is 447. The molecule has 0 aliphatic carbocycles. The highest BCUT2D eigenvalue weighted by Crippen LogP contribution is 2.13. The van der Waals surface area contributed by atoms with E-state index in [0.29, 0.717) is 6.04 Å². The Labute approximate surface area is 107 Å². The standard InChI is InChI=1S/C13H19N3S/c1-10(8-12-4-7-17-9-12)15-11(2)13-14-5-6-16(13)3/h4-7,9-11,15H,8H2,1-3H3. The summed E-state index contributed by atoms with van der Waals surface area (Å²) in [6, 6.07) is 2.92. The molecule has 0 aromatic carbocycles. The Hall–Kier alpha value is -1.13. The quantitative estimate of drug-likeness (QED) is 0.883. The number of thiophene rings is 1. The van der Waals surface area contributed by atoms with E-state index in [1.807, 2.05) is 19.4 Å². The lowest BCUT2D eigenvalue weighted by atomic mass is 10.1. The molecule has 0 saturated heterocycles. The zero-order valence-corrected chi connectivity index (χ0v) is 11.4. The molecule has 2 aromatic rings. The van der Waals surface area contributed by atoms with E-state index >= 15 is 0 Å². The van der Waals surface area contributed by atoms with Crippen LogP contribution in [-0.2, 0) is 13.5 Å². The summed E-state index contributed by atoms with van der Waals surface area (Å²) in [4.78, 5) is 4.37. The molecule has 4 heteroatoms. The van der Waals surface area contributed by atoms with Gasteiger partial charge in [-0.05, 0) is 42.7 Å². The molecule has 0 fully saturated rings. The van der Waals surface area contributed by atoms with E-state index in [1.165, 1.54) is 5.56 Å². The Morgan fingerprint density at radius 1 is 1.47 bits per heavy atom. The van der Waals surface area contributed by atoms with Crippen molar-refractivity contribution in [1.82, 2.24) is 14.9 Å². The first-order chi connectivity index (χ1) is 8.16. The van der Waals surface area contributed by atoms with E-state index in [2.05, 4.69) is 45.5 Å². The molecule has 0 aliphatic rings. The van der Waals surface area contributed by atoms with Crippen molar-refractivity contribution in [2.75, 3.05) is 0 Å². The first-order valence-electron chi connectivity index (χ1n) is 5.91. The number of aromatic nitrogens is 2. The summed E-state index contributed by atoms with van der Waals surface area (Å²) in [5.41, 5.74) is 1.40. The van der Waals surface area contributed by atoms with Crippen molar-refractivity contribution in [1.29, 1.82) is 0 Å². The number of nitrogens with zero attached hydrogens (tertiary/aromatic N) is 2. The van der Waals surface area contributed by atoms with Gasteiger partial charge in [0.15, 0.2) is 0 Å². The van der Waals surface area contributed by atoms with Crippen molar-refractivity contribution >= 4 is 11.3 Å². The molecule has 0 spiro atoms. The van der Waals surface area contributed by atoms with Gasteiger partial charge in [-0.2, -0.15) is 11.3 Å². The van der Waals surface area contributed by atoms with Gasteiger partial charge in [-0.15, -0.1) is 0 Å². The lowest BCUT2D eigenvalue weighted by Crippen LogP contribution is -2.31. The fraction of sp³-hybridized carbons (Fsp3) is 0.462. The Kier molecular flexibility index (Phi) is 3.97. The van der Waals surface area contributed by atoms with Gasteiger partial charge >= 0.3 is 0 Å². The summed E-state index contributed by atoms with van der Waals surface area (Å²) in [5, 5.41) is 7.92. The molecular formula is C13H19N3S. The zero-order chi connectivity index (χ0) is 12.3. The van der Waals surface area contributed by atoms with Crippen molar-refractivity contribution < 1.29 is 0 Å². The van der Waals surface area contributed by atoms with Crippen LogP contribution in [0.5, 0.6) is 0 Å². The highest BCUT2D eigenvalue weighted by molar-refractivity contribution is 7.07. The van der Waals surface area contributed by atoms with Crippen LogP contribution in [0.15, 0.2) is 29.2 Å². The molecule has 92 valence electrons.